The lowest BCUT2D eigenvalue weighted by atomic mass is 9.92. The number of aliphatic hydroxyl groups excluding tert-OH is 1. The lowest BCUT2D eigenvalue weighted by molar-refractivity contribution is -0.125. The standard InChI is InChI=1S/C9H15NO2/c1-10(2)6-7-4-3-5-8(11)9(7)12/h6,8,11H,3-5H2,1-2H3/b7-6-. The molecule has 0 aromatic carbocycles. The van der Waals surface area contributed by atoms with Crippen molar-refractivity contribution < 1.29 is 9.90 Å². The van der Waals surface area contributed by atoms with Gasteiger partial charge >= 0.3 is 0 Å². The molecule has 3 heteroatoms. The molecule has 0 bridgehead atoms. The van der Waals surface area contributed by atoms with Crippen LogP contribution in [0, 0.1) is 0 Å². The largest absolute Gasteiger partial charge is 0.385 e. The minimum absolute atomic E-state index is 0.102. The summed E-state index contributed by atoms with van der Waals surface area (Å²) in [4.78, 5) is 13.2. The number of Topliss-reactive ketones (excluding diaryl/α,β-unsaturated/α-hetero) is 1. The van der Waals surface area contributed by atoms with Crippen LogP contribution in [0.15, 0.2) is 11.8 Å². The second kappa shape index (κ2) is 3.72. The van der Waals surface area contributed by atoms with Crippen molar-refractivity contribution in [1.82, 2.24) is 4.90 Å². The number of rotatable bonds is 1. The average molecular weight is 169 g/mol. The molecule has 0 saturated heterocycles. The molecule has 0 amide bonds. The SMILES string of the molecule is CN(C)/C=C1/CCCC(O)C1=O. The van der Waals surface area contributed by atoms with Crippen LogP contribution >= 0.6 is 0 Å². The summed E-state index contributed by atoms with van der Waals surface area (Å²) in [5, 5.41) is 9.25. The predicted molar refractivity (Wildman–Crippen MR) is 46.6 cm³/mol. The molecule has 1 unspecified atom stereocenters. The van der Waals surface area contributed by atoms with Crippen molar-refractivity contribution in [3.63, 3.8) is 0 Å². The third-order valence-electron chi connectivity index (χ3n) is 1.96. The molecule has 1 rings (SSSR count). The molecule has 1 saturated carbocycles. The van der Waals surface area contributed by atoms with Crippen molar-refractivity contribution >= 4 is 5.78 Å². The fourth-order valence-corrected chi connectivity index (χ4v) is 1.39. The van der Waals surface area contributed by atoms with Crippen LogP contribution in [-0.4, -0.2) is 36.0 Å². The first kappa shape index (κ1) is 9.26. The molecule has 1 aliphatic carbocycles. The lowest BCUT2D eigenvalue weighted by Crippen LogP contribution is -2.27. The van der Waals surface area contributed by atoms with Crippen molar-refractivity contribution in [1.29, 1.82) is 0 Å². The Morgan fingerprint density at radius 3 is 2.83 bits per heavy atom. The van der Waals surface area contributed by atoms with Crippen LogP contribution in [0.2, 0.25) is 0 Å². The highest BCUT2D eigenvalue weighted by Gasteiger charge is 2.23. The van der Waals surface area contributed by atoms with Crippen LogP contribution in [-0.2, 0) is 4.79 Å². The lowest BCUT2D eigenvalue weighted by Gasteiger charge is -2.19. The fourth-order valence-electron chi connectivity index (χ4n) is 1.39. The van der Waals surface area contributed by atoms with Crippen molar-refractivity contribution in [2.75, 3.05) is 14.1 Å². The molecule has 0 heterocycles. The van der Waals surface area contributed by atoms with Gasteiger partial charge < -0.3 is 10.0 Å². The number of carbonyl (C=O) groups is 1. The zero-order chi connectivity index (χ0) is 9.14. The van der Waals surface area contributed by atoms with Crippen molar-refractivity contribution in [3.05, 3.63) is 11.8 Å². The number of carbonyl (C=O) groups excluding carboxylic acids is 1. The van der Waals surface area contributed by atoms with E-state index in [9.17, 15) is 9.90 Å². The molecule has 0 aromatic rings. The molecule has 0 spiro atoms. The van der Waals surface area contributed by atoms with E-state index in [1.165, 1.54) is 0 Å². The zero-order valence-electron chi connectivity index (χ0n) is 7.58. The smallest absolute Gasteiger partial charge is 0.188 e. The summed E-state index contributed by atoms with van der Waals surface area (Å²) in [5.74, 6) is -0.102. The Bertz CT molecular complexity index is 209. The van der Waals surface area contributed by atoms with Crippen LogP contribution in [0.4, 0.5) is 0 Å². The van der Waals surface area contributed by atoms with E-state index in [4.69, 9.17) is 0 Å². The van der Waals surface area contributed by atoms with E-state index in [0.29, 0.717) is 6.42 Å². The zero-order valence-corrected chi connectivity index (χ0v) is 7.58. The second-order valence-electron chi connectivity index (χ2n) is 3.39. The highest BCUT2D eigenvalue weighted by molar-refractivity contribution is 5.99. The molecule has 1 fully saturated rings. The normalized spacial score (nSPS) is 27.8. The average Bonchev–Trinajstić information content (AvgIpc) is 1.98. The van der Waals surface area contributed by atoms with E-state index in [0.717, 1.165) is 18.4 Å². The van der Waals surface area contributed by atoms with Crippen molar-refractivity contribution in [2.45, 2.75) is 25.4 Å². The van der Waals surface area contributed by atoms with Crippen LogP contribution in [0.3, 0.4) is 0 Å². The molecule has 0 aliphatic heterocycles. The van der Waals surface area contributed by atoms with E-state index in [2.05, 4.69) is 0 Å². The van der Waals surface area contributed by atoms with Gasteiger partial charge in [-0.3, -0.25) is 4.79 Å². The molecule has 0 aromatic heterocycles. The van der Waals surface area contributed by atoms with Gasteiger partial charge in [-0.1, -0.05) is 0 Å². The van der Waals surface area contributed by atoms with Crippen LogP contribution in [0.5, 0.6) is 0 Å². The highest BCUT2D eigenvalue weighted by atomic mass is 16.3. The number of ketones is 1. The fraction of sp³-hybridized carbons (Fsp3) is 0.667. The monoisotopic (exact) mass is 169 g/mol. The summed E-state index contributed by atoms with van der Waals surface area (Å²) < 4.78 is 0. The quantitative estimate of drug-likeness (QED) is 0.583. The van der Waals surface area contributed by atoms with Gasteiger partial charge in [0.25, 0.3) is 0 Å². The number of hydrogen-bond acceptors (Lipinski definition) is 3. The van der Waals surface area contributed by atoms with Gasteiger partial charge in [-0.05, 0) is 19.3 Å². The number of hydrogen-bond donors (Lipinski definition) is 1. The van der Waals surface area contributed by atoms with Gasteiger partial charge in [0.1, 0.15) is 6.10 Å². The minimum Gasteiger partial charge on any atom is -0.385 e. The third-order valence-corrected chi connectivity index (χ3v) is 1.96. The van der Waals surface area contributed by atoms with Gasteiger partial charge in [0.15, 0.2) is 5.78 Å². The Labute approximate surface area is 72.7 Å². The molecular formula is C9H15NO2. The number of aliphatic hydroxyl groups is 1. The van der Waals surface area contributed by atoms with Crippen LogP contribution in [0.1, 0.15) is 19.3 Å². The summed E-state index contributed by atoms with van der Waals surface area (Å²) in [7, 11) is 3.75. The van der Waals surface area contributed by atoms with E-state index in [-0.39, 0.29) is 5.78 Å². The number of nitrogens with zero attached hydrogens (tertiary/aromatic N) is 1. The van der Waals surface area contributed by atoms with Gasteiger partial charge in [-0.2, -0.15) is 0 Å². The summed E-state index contributed by atoms with van der Waals surface area (Å²) in [5.41, 5.74) is 0.749. The minimum atomic E-state index is -0.759. The Hall–Kier alpha value is -0.830. The Kier molecular flexibility index (Phi) is 2.87. The van der Waals surface area contributed by atoms with E-state index in [1.54, 1.807) is 6.20 Å². The van der Waals surface area contributed by atoms with Crippen molar-refractivity contribution in [3.8, 4) is 0 Å². The van der Waals surface area contributed by atoms with Gasteiger partial charge in [0.05, 0.1) is 0 Å². The molecule has 1 N–H and O–H groups in total. The van der Waals surface area contributed by atoms with Gasteiger partial charge in [0.2, 0.25) is 0 Å². The van der Waals surface area contributed by atoms with Crippen molar-refractivity contribution in [2.24, 2.45) is 0 Å². The second-order valence-corrected chi connectivity index (χ2v) is 3.39. The van der Waals surface area contributed by atoms with Crippen LogP contribution in [0.25, 0.3) is 0 Å². The molecule has 68 valence electrons. The maximum atomic E-state index is 11.3. The summed E-state index contributed by atoms with van der Waals surface area (Å²) in [6, 6.07) is 0. The summed E-state index contributed by atoms with van der Waals surface area (Å²) >= 11 is 0. The molecule has 0 radical (unpaired) electrons. The molecule has 3 nitrogen and oxygen atoms in total. The first-order valence-corrected chi connectivity index (χ1v) is 4.20. The highest BCUT2D eigenvalue weighted by Crippen LogP contribution is 2.20. The van der Waals surface area contributed by atoms with Gasteiger partial charge in [0, 0.05) is 25.9 Å². The third kappa shape index (κ3) is 2.08. The van der Waals surface area contributed by atoms with E-state index < -0.39 is 6.10 Å². The molecule has 1 aliphatic rings. The Balaban J connectivity index is 2.70. The molecule has 1 atom stereocenters. The summed E-state index contributed by atoms with van der Waals surface area (Å²) in [6.45, 7) is 0. The first-order chi connectivity index (χ1) is 5.61. The predicted octanol–water partition coefficient (Wildman–Crippen LogP) is 0.546. The molecular weight excluding hydrogens is 154 g/mol. The first-order valence-electron chi connectivity index (χ1n) is 4.20. The van der Waals surface area contributed by atoms with Crippen LogP contribution < -0.4 is 0 Å². The topological polar surface area (TPSA) is 40.5 Å². The maximum Gasteiger partial charge on any atom is 0.188 e. The maximum absolute atomic E-state index is 11.3. The Morgan fingerprint density at radius 2 is 2.25 bits per heavy atom. The van der Waals surface area contributed by atoms with E-state index in [1.807, 2.05) is 19.0 Å². The Morgan fingerprint density at radius 1 is 1.58 bits per heavy atom. The van der Waals surface area contributed by atoms with E-state index >= 15 is 0 Å². The molecule has 12 heavy (non-hydrogen) atoms. The van der Waals surface area contributed by atoms with Gasteiger partial charge in [-0.15, -0.1) is 0 Å². The summed E-state index contributed by atoms with van der Waals surface area (Å²) in [6.07, 6.45) is 3.36. The van der Waals surface area contributed by atoms with Gasteiger partial charge in [-0.25, -0.2) is 0 Å².